The van der Waals surface area contributed by atoms with Crippen LogP contribution in [0.25, 0.3) is 10.8 Å². The van der Waals surface area contributed by atoms with E-state index in [1.807, 2.05) is 19.1 Å². The van der Waals surface area contributed by atoms with E-state index >= 15 is 0 Å². The highest BCUT2D eigenvalue weighted by molar-refractivity contribution is 7.89. The van der Waals surface area contributed by atoms with Crippen molar-refractivity contribution in [1.82, 2.24) is 4.31 Å². The Balaban J connectivity index is 1.58. The number of esters is 1. The standard InChI is InChI=1S/C25H25NO4S/c1-17-7-11-21(12-8-17)31(28,29)26-15-20-13-19-10-9-18-5-3-4-6-22(18)23(19)14-25(20,16-26)24(27)30-2/h3-12,20H,13-16H2,1-2H3/t20-,25-/m1/s1. The van der Waals surface area contributed by atoms with Crippen LogP contribution in [0.15, 0.2) is 65.6 Å². The minimum Gasteiger partial charge on any atom is -0.469 e. The predicted molar refractivity (Wildman–Crippen MR) is 119 cm³/mol. The number of methoxy groups -OCH3 is 1. The zero-order valence-electron chi connectivity index (χ0n) is 17.7. The first-order chi connectivity index (χ1) is 14.8. The van der Waals surface area contributed by atoms with Crippen LogP contribution in [0.5, 0.6) is 0 Å². The Bertz CT molecular complexity index is 1280. The van der Waals surface area contributed by atoms with Crippen LogP contribution in [0.4, 0.5) is 0 Å². The number of rotatable bonds is 3. The van der Waals surface area contributed by atoms with Gasteiger partial charge in [0.05, 0.1) is 17.4 Å². The zero-order valence-corrected chi connectivity index (χ0v) is 18.5. The van der Waals surface area contributed by atoms with Crippen molar-refractivity contribution in [1.29, 1.82) is 0 Å². The highest BCUT2D eigenvalue weighted by Gasteiger charge is 2.57. The third kappa shape index (κ3) is 3.08. The quantitative estimate of drug-likeness (QED) is 0.588. The van der Waals surface area contributed by atoms with E-state index in [2.05, 4.69) is 24.3 Å². The SMILES string of the molecule is COC(=O)[C@@]12Cc3c(ccc4ccccc34)C[C@@H]1CN(S(=O)(=O)c1ccc(C)cc1)C2. The number of carbonyl (C=O) groups is 1. The highest BCUT2D eigenvalue weighted by atomic mass is 32.2. The van der Waals surface area contributed by atoms with Crippen molar-refractivity contribution in [2.75, 3.05) is 20.2 Å². The van der Waals surface area contributed by atoms with Crippen LogP contribution >= 0.6 is 0 Å². The molecule has 1 saturated heterocycles. The summed E-state index contributed by atoms with van der Waals surface area (Å²) >= 11 is 0. The van der Waals surface area contributed by atoms with E-state index in [0.29, 0.717) is 19.4 Å². The van der Waals surface area contributed by atoms with Gasteiger partial charge in [-0.15, -0.1) is 0 Å². The minimum absolute atomic E-state index is 0.117. The van der Waals surface area contributed by atoms with E-state index in [-0.39, 0.29) is 23.3 Å². The van der Waals surface area contributed by atoms with Gasteiger partial charge in [-0.2, -0.15) is 4.31 Å². The third-order valence-electron chi connectivity index (χ3n) is 7.01. The van der Waals surface area contributed by atoms with Crippen LogP contribution in [0.1, 0.15) is 16.7 Å². The molecule has 160 valence electrons. The molecule has 31 heavy (non-hydrogen) atoms. The molecule has 0 aromatic heterocycles. The van der Waals surface area contributed by atoms with Gasteiger partial charge in [0.25, 0.3) is 0 Å². The van der Waals surface area contributed by atoms with Crippen molar-refractivity contribution in [2.24, 2.45) is 11.3 Å². The summed E-state index contributed by atoms with van der Waals surface area (Å²) in [5, 5.41) is 2.25. The number of aryl methyl sites for hydroxylation is 1. The number of ether oxygens (including phenoxy) is 1. The normalized spacial score (nSPS) is 23.4. The summed E-state index contributed by atoms with van der Waals surface area (Å²) in [4.78, 5) is 13.4. The summed E-state index contributed by atoms with van der Waals surface area (Å²) in [6.07, 6.45) is 1.15. The topological polar surface area (TPSA) is 63.7 Å². The Morgan fingerprint density at radius 3 is 2.55 bits per heavy atom. The maximum atomic E-state index is 13.4. The molecule has 3 aromatic rings. The smallest absolute Gasteiger partial charge is 0.313 e. The van der Waals surface area contributed by atoms with Gasteiger partial charge in [0.2, 0.25) is 10.0 Å². The van der Waals surface area contributed by atoms with Crippen molar-refractivity contribution in [3.63, 3.8) is 0 Å². The Labute approximate surface area is 182 Å². The zero-order chi connectivity index (χ0) is 21.8. The Hall–Kier alpha value is -2.70. The summed E-state index contributed by atoms with van der Waals surface area (Å²) in [5.41, 5.74) is 2.46. The molecule has 5 rings (SSSR count). The fraction of sp³-hybridized carbons (Fsp3) is 0.320. The number of benzene rings is 3. The average molecular weight is 436 g/mol. The molecule has 0 bridgehead atoms. The number of nitrogens with zero attached hydrogens (tertiary/aromatic N) is 1. The van der Waals surface area contributed by atoms with Crippen LogP contribution in [0.2, 0.25) is 0 Å². The van der Waals surface area contributed by atoms with E-state index in [1.165, 1.54) is 17.0 Å². The molecule has 0 unspecified atom stereocenters. The maximum Gasteiger partial charge on any atom is 0.313 e. The van der Waals surface area contributed by atoms with Gasteiger partial charge in [0.1, 0.15) is 0 Å². The van der Waals surface area contributed by atoms with Gasteiger partial charge in [-0.1, -0.05) is 54.1 Å². The summed E-state index contributed by atoms with van der Waals surface area (Å²) < 4.78 is 33.5. The number of carbonyl (C=O) groups excluding carboxylic acids is 1. The molecule has 1 heterocycles. The van der Waals surface area contributed by atoms with Gasteiger partial charge in [0.15, 0.2) is 0 Å². The molecule has 0 spiro atoms. The molecule has 0 saturated carbocycles. The molecule has 1 aliphatic heterocycles. The fourth-order valence-electron chi connectivity index (χ4n) is 5.30. The fourth-order valence-corrected chi connectivity index (χ4v) is 6.85. The molecular formula is C25H25NO4S. The molecule has 1 aliphatic carbocycles. The first-order valence-corrected chi connectivity index (χ1v) is 11.9. The lowest BCUT2D eigenvalue weighted by Gasteiger charge is -2.37. The summed E-state index contributed by atoms with van der Waals surface area (Å²) in [5.74, 6) is -0.438. The summed E-state index contributed by atoms with van der Waals surface area (Å²) in [7, 11) is -2.31. The number of hydrogen-bond acceptors (Lipinski definition) is 4. The molecule has 3 aromatic carbocycles. The monoisotopic (exact) mass is 435 g/mol. The number of sulfonamides is 1. The number of hydrogen-bond donors (Lipinski definition) is 0. The van der Waals surface area contributed by atoms with Crippen molar-refractivity contribution in [3.8, 4) is 0 Å². The second kappa shape index (κ2) is 7.18. The van der Waals surface area contributed by atoms with Crippen LogP contribution in [0, 0.1) is 18.3 Å². The van der Waals surface area contributed by atoms with Crippen molar-refractivity contribution in [2.45, 2.75) is 24.7 Å². The van der Waals surface area contributed by atoms with E-state index in [1.54, 1.807) is 24.3 Å². The van der Waals surface area contributed by atoms with Gasteiger partial charge >= 0.3 is 5.97 Å². The lowest BCUT2D eigenvalue weighted by Crippen LogP contribution is -2.45. The van der Waals surface area contributed by atoms with Gasteiger partial charge < -0.3 is 4.74 Å². The minimum atomic E-state index is -3.70. The van der Waals surface area contributed by atoms with Crippen LogP contribution < -0.4 is 0 Å². The molecule has 0 N–H and O–H groups in total. The van der Waals surface area contributed by atoms with E-state index in [9.17, 15) is 13.2 Å². The second-order valence-electron chi connectivity index (χ2n) is 8.76. The first-order valence-electron chi connectivity index (χ1n) is 10.5. The second-order valence-corrected chi connectivity index (χ2v) is 10.7. The molecule has 2 atom stereocenters. The van der Waals surface area contributed by atoms with Crippen LogP contribution in [-0.2, 0) is 32.4 Å². The van der Waals surface area contributed by atoms with Crippen LogP contribution in [-0.4, -0.2) is 38.9 Å². The highest BCUT2D eigenvalue weighted by Crippen LogP contribution is 2.49. The summed E-state index contributed by atoms with van der Waals surface area (Å²) in [6.45, 7) is 2.38. The molecule has 0 amide bonds. The average Bonchev–Trinajstić information content (AvgIpc) is 3.18. The van der Waals surface area contributed by atoms with E-state index < -0.39 is 15.4 Å². The van der Waals surface area contributed by atoms with Gasteiger partial charge in [0, 0.05) is 13.1 Å². The van der Waals surface area contributed by atoms with Gasteiger partial charge in [-0.05, 0) is 59.7 Å². The van der Waals surface area contributed by atoms with Crippen LogP contribution in [0.3, 0.4) is 0 Å². The van der Waals surface area contributed by atoms with E-state index in [0.717, 1.165) is 21.9 Å². The summed E-state index contributed by atoms with van der Waals surface area (Å²) in [6, 6.07) is 19.3. The maximum absolute atomic E-state index is 13.4. The van der Waals surface area contributed by atoms with Crippen molar-refractivity contribution < 1.29 is 17.9 Å². The number of fused-ring (bicyclic) bond motifs is 4. The van der Waals surface area contributed by atoms with Crippen molar-refractivity contribution >= 4 is 26.8 Å². The van der Waals surface area contributed by atoms with E-state index in [4.69, 9.17) is 4.74 Å². The molecule has 5 nitrogen and oxygen atoms in total. The van der Waals surface area contributed by atoms with Gasteiger partial charge in [-0.3, -0.25) is 4.79 Å². The largest absolute Gasteiger partial charge is 0.469 e. The Morgan fingerprint density at radius 1 is 1.06 bits per heavy atom. The molecule has 1 fully saturated rings. The lowest BCUT2D eigenvalue weighted by atomic mass is 9.65. The van der Waals surface area contributed by atoms with Crippen molar-refractivity contribution in [3.05, 3.63) is 77.4 Å². The third-order valence-corrected chi connectivity index (χ3v) is 8.84. The predicted octanol–water partition coefficient (Wildman–Crippen LogP) is 3.73. The molecule has 0 radical (unpaired) electrons. The molecule has 6 heteroatoms. The molecular weight excluding hydrogens is 410 g/mol. The molecule has 2 aliphatic rings. The Kier molecular flexibility index (Phi) is 4.68. The van der Waals surface area contributed by atoms with Gasteiger partial charge in [-0.25, -0.2) is 8.42 Å². The Morgan fingerprint density at radius 2 is 1.81 bits per heavy atom. The lowest BCUT2D eigenvalue weighted by molar-refractivity contribution is -0.154. The first kappa shape index (κ1) is 20.2.